The van der Waals surface area contributed by atoms with Crippen molar-refractivity contribution in [3.05, 3.63) is 41.2 Å². The van der Waals surface area contributed by atoms with E-state index in [1.807, 2.05) is 6.92 Å². The lowest BCUT2D eigenvalue weighted by Gasteiger charge is -2.16. The summed E-state index contributed by atoms with van der Waals surface area (Å²) >= 11 is 0. The number of aryl methyl sites for hydroxylation is 1. The highest BCUT2D eigenvalue weighted by atomic mass is 19.4. The van der Waals surface area contributed by atoms with Crippen LogP contribution in [0, 0.1) is 13.8 Å². The molecule has 0 aliphatic rings. The van der Waals surface area contributed by atoms with Crippen molar-refractivity contribution in [3.8, 4) is 11.3 Å². The van der Waals surface area contributed by atoms with E-state index in [0.717, 1.165) is 6.07 Å². The molecular formula is C15H16F3N3. The highest BCUT2D eigenvalue weighted by Gasteiger charge is 2.34. The van der Waals surface area contributed by atoms with Crippen LogP contribution >= 0.6 is 0 Å². The van der Waals surface area contributed by atoms with Crippen molar-refractivity contribution in [2.24, 2.45) is 0 Å². The SMILES string of the molecule is CCNc1nc(C)nc(-c2ccccc2C(F)(F)F)c1C. The molecule has 0 atom stereocenters. The van der Waals surface area contributed by atoms with Crippen LogP contribution in [0.4, 0.5) is 19.0 Å². The van der Waals surface area contributed by atoms with Crippen LogP contribution in [0.5, 0.6) is 0 Å². The summed E-state index contributed by atoms with van der Waals surface area (Å²) < 4.78 is 39.5. The van der Waals surface area contributed by atoms with Crippen LogP contribution in [-0.2, 0) is 6.18 Å². The molecule has 0 bridgehead atoms. The average molecular weight is 295 g/mol. The van der Waals surface area contributed by atoms with Crippen LogP contribution < -0.4 is 5.32 Å². The maximum atomic E-state index is 13.2. The summed E-state index contributed by atoms with van der Waals surface area (Å²) in [6.45, 7) is 5.93. The Morgan fingerprint density at radius 1 is 1.10 bits per heavy atom. The minimum atomic E-state index is -4.42. The molecule has 112 valence electrons. The Hall–Kier alpha value is -2.11. The van der Waals surface area contributed by atoms with Crippen molar-refractivity contribution < 1.29 is 13.2 Å². The fraction of sp³-hybridized carbons (Fsp3) is 0.333. The highest BCUT2D eigenvalue weighted by molar-refractivity contribution is 5.71. The second-order valence-corrected chi connectivity index (χ2v) is 4.67. The molecule has 0 saturated carbocycles. The summed E-state index contributed by atoms with van der Waals surface area (Å²) in [6, 6.07) is 5.46. The number of alkyl halides is 3. The Labute approximate surface area is 121 Å². The number of hydrogen-bond donors (Lipinski definition) is 1. The van der Waals surface area contributed by atoms with Crippen molar-refractivity contribution in [3.63, 3.8) is 0 Å². The van der Waals surface area contributed by atoms with Gasteiger partial charge in [0, 0.05) is 17.7 Å². The zero-order valence-corrected chi connectivity index (χ0v) is 12.0. The molecule has 1 heterocycles. The van der Waals surface area contributed by atoms with Gasteiger partial charge >= 0.3 is 6.18 Å². The van der Waals surface area contributed by atoms with E-state index < -0.39 is 11.7 Å². The first-order valence-electron chi connectivity index (χ1n) is 6.60. The zero-order valence-electron chi connectivity index (χ0n) is 12.0. The Morgan fingerprint density at radius 2 is 1.76 bits per heavy atom. The Morgan fingerprint density at radius 3 is 2.38 bits per heavy atom. The van der Waals surface area contributed by atoms with E-state index >= 15 is 0 Å². The molecule has 1 N–H and O–H groups in total. The monoisotopic (exact) mass is 295 g/mol. The Kier molecular flexibility index (Phi) is 4.16. The first-order valence-corrected chi connectivity index (χ1v) is 6.60. The predicted molar refractivity (Wildman–Crippen MR) is 76.1 cm³/mol. The lowest BCUT2D eigenvalue weighted by molar-refractivity contribution is -0.137. The number of benzene rings is 1. The fourth-order valence-corrected chi connectivity index (χ4v) is 2.17. The van der Waals surface area contributed by atoms with Gasteiger partial charge in [-0.3, -0.25) is 0 Å². The molecule has 0 saturated heterocycles. The van der Waals surface area contributed by atoms with Crippen LogP contribution in [0.3, 0.4) is 0 Å². The van der Waals surface area contributed by atoms with Gasteiger partial charge in [-0.05, 0) is 26.8 Å². The van der Waals surface area contributed by atoms with E-state index in [-0.39, 0.29) is 5.56 Å². The molecule has 0 aliphatic heterocycles. The van der Waals surface area contributed by atoms with Crippen molar-refractivity contribution in [2.45, 2.75) is 26.9 Å². The number of anilines is 1. The molecule has 0 amide bonds. The third-order valence-electron chi connectivity index (χ3n) is 3.09. The second kappa shape index (κ2) is 5.71. The normalized spacial score (nSPS) is 11.5. The quantitative estimate of drug-likeness (QED) is 0.921. The van der Waals surface area contributed by atoms with Crippen molar-refractivity contribution in [1.82, 2.24) is 9.97 Å². The Balaban J connectivity index is 2.68. The minimum Gasteiger partial charge on any atom is -0.370 e. The third kappa shape index (κ3) is 3.15. The van der Waals surface area contributed by atoms with Gasteiger partial charge < -0.3 is 5.32 Å². The van der Waals surface area contributed by atoms with E-state index in [2.05, 4.69) is 15.3 Å². The number of rotatable bonds is 3. The molecule has 2 aromatic rings. The first-order chi connectivity index (χ1) is 9.84. The predicted octanol–water partition coefficient (Wildman–Crippen LogP) is 4.21. The summed E-state index contributed by atoms with van der Waals surface area (Å²) in [5.41, 5.74) is 0.311. The van der Waals surface area contributed by atoms with Crippen molar-refractivity contribution >= 4 is 5.82 Å². The van der Waals surface area contributed by atoms with Gasteiger partial charge in [0.1, 0.15) is 11.6 Å². The molecule has 0 fully saturated rings. The smallest absolute Gasteiger partial charge is 0.370 e. The van der Waals surface area contributed by atoms with Crippen LogP contribution in [-0.4, -0.2) is 16.5 Å². The molecule has 3 nitrogen and oxygen atoms in total. The van der Waals surface area contributed by atoms with Crippen molar-refractivity contribution in [2.75, 3.05) is 11.9 Å². The van der Waals surface area contributed by atoms with E-state index in [1.54, 1.807) is 19.9 Å². The summed E-state index contributed by atoms with van der Waals surface area (Å²) in [6.07, 6.45) is -4.42. The molecule has 2 rings (SSSR count). The van der Waals surface area contributed by atoms with Crippen LogP contribution in [0.15, 0.2) is 24.3 Å². The summed E-state index contributed by atoms with van der Waals surface area (Å²) in [5.74, 6) is 1.00. The number of nitrogens with zero attached hydrogens (tertiary/aromatic N) is 2. The number of aromatic nitrogens is 2. The van der Waals surface area contributed by atoms with Gasteiger partial charge in [0.25, 0.3) is 0 Å². The van der Waals surface area contributed by atoms with Crippen LogP contribution in [0.2, 0.25) is 0 Å². The lowest BCUT2D eigenvalue weighted by Crippen LogP contribution is -2.10. The summed E-state index contributed by atoms with van der Waals surface area (Å²) in [5, 5.41) is 3.05. The third-order valence-corrected chi connectivity index (χ3v) is 3.09. The molecule has 6 heteroatoms. The molecule has 0 spiro atoms. The van der Waals surface area contributed by atoms with Crippen molar-refractivity contribution in [1.29, 1.82) is 0 Å². The number of nitrogens with one attached hydrogen (secondary N) is 1. The van der Waals surface area contributed by atoms with Gasteiger partial charge in [-0.15, -0.1) is 0 Å². The van der Waals surface area contributed by atoms with E-state index in [1.165, 1.54) is 12.1 Å². The topological polar surface area (TPSA) is 37.8 Å². The van der Waals surface area contributed by atoms with Gasteiger partial charge in [0.2, 0.25) is 0 Å². The standard InChI is InChI=1S/C15H16F3N3/c1-4-19-14-9(2)13(20-10(3)21-14)11-7-5-6-8-12(11)15(16,17)18/h5-8H,4H2,1-3H3,(H,19,20,21). The molecule has 1 aromatic heterocycles. The molecule has 1 aromatic carbocycles. The summed E-state index contributed by atoms with van der Waals surface area (Å²) in [4.78, 5) is 8.45. The van der Waals surface area contributed by atoms with E-state index in [9.17, 15) is 13.2 Å². The largest absolute Gasteiger partial charge is 0.417 e. The summed E-state index contributed by atoms with van der Waals surface area (Å²) in [7, 11) is 0. The van der Waals surface area contributed by atoms with Gasteiger partial charge in [-0.1, -0.05) is 18.2 Å². The van der Waals surface area contributed by atoms with Gasteiger partial charge in [0.15, 0.2) is 0 Å². The number of halogens is 3. The zero-order chi connectivity index (χ0) is 15.6. The highest BCUT2D eigenvalue weighted by Crippen LogP contribution is 2.38. The molecule has 21 heavy (non-hydrogen) atoms. The lowest BCUT2D eigenvalue weighted by atomic mass is 10.0. The van der Waals surface area contributed by atoms with Gasteiger partial charge in [-0.25, -0.2) is 9.97 Å². The van der Waals surface area contributed by atoms with E-state index in [4.69, 9.17) is 0 Å². The minimum absolute atomic E-state index is 0.0761. The Bertz CT molecular complexity index is 651. The van der Waals surface area contributed by atoms with Crippen LogP contribution in [0.25, 0.3) is 11.3 Å². The maximum absolute atomic E-state index is 13.2. The average Bonchev–Trinajstić information content (AvgIpc) is 2.42. The van der Waals surface area contributed by atoms with Gasteiger partial charge in [-0.2, -0.15) is 13.2 Å². The fourth-order valence-electron chi connectivity index (χ4n) is 2.17. The molecule has 0 aliphatic carbocycles. The maximum Gasteiger partial charge on any atom is 0.417 e. The van der Waals surface area contributed by atoms with Gasteiger partial charge in [0.05, 0.1) is 11.3 Å². The molecular weight excluding hydrogens is 279 g/mol. The molecule has 0 radical (unpaired) electrons. The molecule has 0 unspecified atom stereocenters. The number of hydrogen-bond acceptors (Lipinski definition) is 3. The van der Waals surface area contributed by atoms with E-state index in [0.29, 0.717) is 29.4 Å². The first kappa shape index (κ1) is 15.3. The van der Waals surface area contributed by atoms with Crippen LogP contribution in [0.1, 0.15) is 23.9 Å². The second-order valence-electron chi connectivity index (χ2n) is 4.67.